The lowest BCUT2D eigenvalue weighted by atomic mass is 10.1. The highest BCUT2D eigenvalue weighted by atomic mass is 19.4. The Bertz CT molecular complexity index is 901. The number of nitrogens with two attached hydrogens (primary N) is 1. The number of carbonyl (C=O) groups is 2. The van der Waals surface area contributed by atoms with E-state index in [0.29, 0.717) is 12.2 Å². The Kier molecular flexibility index (Phi) is 7.24. The van der Waals surface area contributed by atoms with Gasteiger partial charge in [-0.25, -0.2) is 5.48 Å². The van der Waals surface area contributed by atoms with Gasteiger partial charge in [0, 0.05) is 20.2 Å². The third-order valence-corrected chi connectivity index (χ3v) is 3.90. The molecule has 0 radical (unpaired) electrons. The van der Waals surface area contributed by atoms with Crippen molar-refractivity contribution in [1.82, 2.24) is 10.4 Å². The summed E-state index contributed by atoms with van der Waals surface area (Å²) in [6.45, 7) is 0. The van der Waals surface area contributed by atoms with Crippen LogP contribution in [0.4, 0.5) is 13.2 Å². The maximum absolute atomic E-state index is 12.6. The zero-order valence-corrected chi connectivity index (χ0v) is 16.1. The lowest BCUT2D eigenvalue weighted by molar-refractivity contribution is -0.274. The molecular weight excluding hydrogens is 407 g/mol. The Morgan fingerprint density at radius 2 is 1.73 bits per heavy atom. The molecule has 0 aliphatic heterocycles. The van der Waals surface area contributed by atoms with E-state index in [1.54, 1.807) is 38.4 Å². The second-order valence-electron chi connectivity index (χ2n) is 6.44. The molecule has 2 amide bonds. The number of benzene rings is 2. The van der Waals surface area contributed by atoms with Crippen LogP contribution in [0.15, 0.2) is 42.5 Å². The predicted molar refractivity (Wildman–Crippen MR) is 99.3 cm³/mol. The molecule has 1 unspecified atom stereocenters. The summed E-state index contributed by atoms with van der Waals surface area (Å²) in [6.07, 6.45) is -4.75. The van der Waals surface area contributed by atoms with Crippen LogP contribution < -0.4 is 20.7 Å². The molecule has 0 aliphatic rings. The molecule has 0 saturated heterocycles. The summed E-state index contributed by atoms with van der Waals surface area (Å²) in [5.41, 5.74) is 7.33. The normalized spacial score (nSPS) is 12.1. The molecule has 0 fully saturated rings. The number of hydrogen-bond acceptors (Lipinski definition) is 6. The van der Waals surface area contributed by atoms with Gasteiger partial charge in [0.15, 0.2) is 0 Å². The largest absolute Gasteiger partial charge is 0.573 e. The highest BCUT2D eigenvalue weighted by Gasteiger charge is 2.33. The summed E-state index contributed by atoms with van der Waals surface area (Å²) < 4.78 is 47.2. The van der Waals surface area contributed by atoms with Crippen LogP contribution in [0.5, 0.6) is 17.2 Å². The van der Waals surface area contributed by atoms with Crippen LogP contribution in [0.3, 0.4) is 0 Å². The van der Waals surface area contributed by atoms with Gasteiger partial charge in [0.1, 0.15) is 17.2 Å². The zero-order valence-electron chi connectivity index (χ0n) is 16.1. The summed E-state index contributed by atoms with van der Waals surface area (Å²) in [4.78, 5) is 24.7. The summed E-state index contributed by atoms with van der Waals surface area (Å²) in [5.74, 6) is -1.97. The second kappa shape index (κ2) is 9.46. The lowest BCUT2D eigenvalue weighted by Crippen LogP contribution is -2.41. The van der Waals surface area contributed by atoms with Crippen LogP contribution >= 0.6 is 0 Å². The first-order valence-corrected chi connectivity index (χ1v) is 8.58. The molecule has 0 spiro atoms. The molecule has 0 saturated carbocycles. The van der Waals surface area contributed by atoms with E-state index in [-0.39, 0.29) is 11.7 Å². The number of likely N-dealkylation sites (N-methyl/N-ethyl adjacent to an activating group) is 1. The fourth-order valence-corrected chi connectivity index (χ4v) is 2.53. The molecule has 30 heavy (non-hydrogen) atoms. The first-order valence-electron chi connectivity index (χ1n) is 8.58. The SMILES string of the molecule is CN(C)C(=O)C(N)Cc1ccc(Oc2ccc(C(=O)NO)c(OC(F)(F)F)c2)cc1. The zero-order chi connectivity index (χ0) is 22.5. The molecule has 4 N–H and O–H groups in total. The monoisotopic (exact) mass is 427 g/mol. The van der Waals surface area contributed by atoms with E-state index in [9.17, 15) is 22.8 Å². The van der Waals surface area contributed by atoms with Gasteiger partial charge < -0.3 is 20.1 Å². The Morgan fingerprint density at radius 3 is 2.27 bits per heavy atom. The number of halogens is 3. The van der Waals surface area contributed by atoms with E-state index >= 15 is 0 Å². The average molecular weight is 427 g/mol. The van der Waals surface area contributed by atoms with Crippen molar-refractivity contribution in [3.8, 4) is 17.2 Å². The number of ether oxygens (including phenoxy) is 2. The summed E-state index contributed by atoms with van der Waals surface area (Å²) in [6, 6.07) is 8.87. The van der Waals surface area contributed by atoms with E-state index in [0.717, 1.165) is 17.7 Å². The quantitative estimate of drug-likeness (QED) is 0.462. The van der Waals surface area contributed by atoms with E-state index in [1.807, 2.05) is 0 Å². The molecule has 0 heterocycles. The smallest absolute Gasteiger partial charge is 0.457 e. The van der Waals surface area contributed by atoms with Crippen molar-refractivity contribution in [2.45, 2.75) is 18.8 Å². The predicted octanol–water partition coefficient (Wildman–Crippen LogP) is 2.45. The highest BCUT2D eigenvalue weighted by Crippen LogP contribution is 2.32. The summed E-state index contributed by atoms with van der Waals surface area (Å²) >= 11 is 0. The van der Waals surface area contributed by atoms with Crippen molar-refractivity contribution in [3.05, 3.63) is 53.6 Å². The molecule has 2 aromatic carbocycles. The van der Waals surface area contributed by atoms with Crippen molar-refractivity contribution >= 4 is 11.8 Å². The first-order chi connectivity index (χ1) is 14.0. The fourth-order valence-electron chi connectivity index (χ4n) is 2.53. The minimum Gasteiger partial charge on any atom is -0.457 e. The number of nitrogens with zero attached hydrogens (tertiary/aromatic N) is 1. The van der Waals surface area contributed by atoms with Gasteiger partial charge in [-0.05, 0) is 36.2 Å². The Balaban J connectivity index is 2.16. The molecule has 8 nitrogen and oxygen atoms in total. The summed E-state index contributed by atoms with van der Waals surface area (Å²) in [5, 5.41) is 8.67. The van der Waals surface area contributed by atoms with Crippen molar-refractivity contribution in [2.24, 2.45) is 5.73 Å². The van der Waals surface area contributed by atoms with Crippen LogP contribution in [0.25, 0.3) is 0 Å². The molecule has 0 aromatic heterocycles. The Hall–Kier alpha value is -3.31. The van der Waals surface area contributed by atoms with Gasteiger partial charge in [-0.15, -0.1) is 13.2 Å². The van der Waals surface area contributed by atoms with E-state index in [1.165, 1.54) is 16.4 Å². The summed E-state index contributed by atoms with van der Waals surface area (Å²) in [7, 11) is 3.21. The average Bonchev–Trinajstić information content (AvgIpc) is 2.67. The van der Waals surface area contributed by atoms with Crippen molar-refractivity contribution < 1.29 is 37.4 Å². The molecule has 0 bridgehead atoms. The van der Waals surface area contributed by atoms with Gasteiger partial charge in [0.2, 0.25) is 5.91 Å². The van der Waals surface area contributed by atoms with Crippen molar-refractivity contribution in [3.63, 3.8) is 0 Å². The first kappa shape index (κ1) is 23.0. The maximum Gasteiger partial charge on any atom is 0.573 e. The van der Waals surface area contributed by atoms with Crippen LogP contribution in [-0.2, 0) is 11.2 Å². The number of nitrogens with one attached hydrogen (secondary N) is 1. The van der Waals surface area contributed by atoms with E-state index in [4.69, 9.17) is 15.7 Å². The Morgan fingerprint density at radius 1 is 1.13 bits per heavy atom. The number of amides is 2. The van der Waals surface area contributed by atoms with Gasteiger partial charge in [-0.2, -0.15) is 0 Å². The molecule has 2 aromatic rings. The van der Waals surface area contributed by atoms with Gasteiger partial charge in [-0.3, -0.25) is 14.8 Å². The molecule has 2 rings (SSSR count). The van der Waals surface area contributed by atoms with Crippen LogP contribution in [0.2, 0.25) is 0 Å². The van der Waals surface area contributed by atoms with E-state index < -0.39 is 29.6 Å². The molecule has 162 valence electrons. The van der Waals surface area contributed by atoms with Crippen LogP contribution in [0, 0.1) is 0 Å². The molecular formula is C19H20F3N3O5. The van der Waals surface area contributed by atoms with Gasteiger partial charge in [0.05, 0.1) is 11.6 Å². The number of hydroxylamine groups is 1. The number of carbonyl (C=O) groups excluding carboxylic acids is 2. The van der Waals surface area contributed by atoms with Gasteiger partial charge >= 0.3 is 6.36 Å². The van der Waals surface area contributed by atoms with Crippen molar-refractivity contribution in [1.29, 1.82) is 0 Å². The van der Waals surface area contributed by atoms with Crippen LogP contribution in [-0.4, -0.2) is 48.4 Å². The molecule has 0 aliphatic carbocycles. The van der Waals surface area contributed by atoms with Crippen LogP contribution in [0.1, 0.15) is 15.9 Å². The topological polar surface area (TPSA) is 114 Å². The minimum absolute atomic E-state index is 0.0315. The van der Waals surface area contributed by atoms with Gasteiger partial charge in [-0.1, -0.05) is 12.1 Å². The minimum atomic E-state index is -5.05. The van der Waals surface area contributed by atoms with Crippen molar-refractivity contribution in [2.75, 3.05) is 14.1 Å². The number of alkyl halides is 3. The number of hydrogen-bond donors (Lipinski definition) is 3. The third-order valence-electron chi connectivity index (χ3n) is 3.90. The third kappa shape index (κ3) is 6.36. The Labute approximate surface area is 169 Å². The second-order valence-corrected chi connectivity index (χ2v) is 6.44. The standard InChI is InChI=1S/C19H20F3N3O5/c1-25(2)18(27)15(23)9-11-3-5-12(6-4-11)29-13-7-8-14(17(26)24-28)16(10-13)30-19(20,21)22/h3-8,10,15,28H,9,23H2,1-2H3,(H,24,26). The lowest BCUT2D eigenvalue weighted by Gasteiger charge is -2.17. The number of rotatable bonds is 7. The van der Waals surface area contributed by atoms with E-state index in [2.05, 4.69) is 4.74 Å². The highest BCUT2D eigenvalue weighted by molar-refractivity contribution is 5.96. The maximum atomic E-state index is 12.6. The molecule has 11 heteroatoms. The van der Waals surface area contributed by atoms with Gasteiger partial charge in [0.25, 0.3) is 5.91 Å². The fraction of sp³-hybridized carbons (Fsp3) is 0.263. The molecule has 1 atom stereocenters.